The van der Waals surface area contributed by atoms with Crippen LogP contribution in [0.1, 0.15) is 29.1 Å². The Labute approximate surface area is 132 Å². The summed E-state index contributed by atoms with van der Waals surface area (Å²) in [6.45, 7) is 5.36. The van der Waals surface area contributed by atoms with Crippen LogP contribution in [0.25, 0.3) is 0 Å². The van der Waals surface area contributed by atoms with Crippen LogP contribution in [-0.4, -0.2) is 48.2 Å². The number of nitrogens with one attached hydrogen (secondary N) is 1. The highest BCUT2D eigenvalue weighted by atomic mass is 32.1. The van der Waals surface area contributed by atoms with Gasteiger partial charge in [-0.1, -0.05) is 6.92 Å². The molecule has 0 radical (unpaired) electrons. The topological polar surface area (TPSA) is 95.9 Å². The number of thiophene rings is 1. The Kier molecular flexibility index (Phi) is 6.36. The Hall–Kier alpha value is -2.09. The summed E-state index contributed by atoms with van der Waals surface area (Å²) in [5, 5.41) is 11.9. The van der Waals surface area contributed by atoms with E-state index in [-0.39, 0.29) is 13.2 Å². The van der Waals surface area contributed by atoms with Gasteiger partial charge >= 0.3 is 18.0 Å². The molecule has 0 spiro atoms. The van der Waals surface area contributed by atoms with Crippen molar-refractivity contribution in [1.29, 1.82) is 0 Å². The first-order valence-corrected chi connectivity index (χ1v) is 7.60. The first-order chi connectivity index (χ1) is 10.3. The van der Waals surface area contributed by atoms with Crippen molar-refractivity contribution in [2.45, 2.75) is 20.8 Å². The second kappa shape index (κ2) is 7.79. The molecule has 1 heterocycles. The van der Waals surface area contributed by atoms with Crippen molar-refractivity contribution in [3.05, 3.63) is 16.5 Å². The number of nitrogens with zero attached hydrogens (tertiary/aromatic N) is 1. The lowest BCUT2D eigenvalue weighted by atomic mass is 10.2. The van der Waals surface area contributed by atoms with Crippen LogP contribution in [0.5, 0.6) is 0 Å². The smallest absolute Gasteiger partial charge is 0.341 e. The summed E-state index contributed by atoms with van der Waals surface area (Å²) in [6.07, 6.45) is 0. The number of carbonyl (C=O) groups is 3. The normalized spacial score (nSPS) is 11.6. The molecule has 2 amide bonds. The van der Waals surface area contributed by atoms with E-state index in [0.717, 1.165) is 4.88 Å². The number of carboxylic acids is 1. The highest BCUT2D eigenvalue weighted by Gasteiger charge is 2.21. The van der Waals surface area contributed by atoms with E-state index in [2.05, 4.69) is 5.32 Å². The number of urea groups is 1. The minimum Gasteiger partial charge on any atom is -0.481 e. The average Bonchev–Trinajstić information content (AvgIpc) is 2.79. The molecule has 0 aliphatic heterocycles. The maximum absolute atomic E-state index is 12.1. The Morgan fingerprint density at radius 1 is 1.45 bits per heavy atom. The molecule has 8 heteroatoms. The quantitative estimate of drug-likeness (QED) is 0.782. The number of amides is 2. The molecule has 22 heavy (non-hydrogen) atoms. The minimum atomic E-state index is -0.973. The Morgan fingerprint density at radius 3 is 2.64 bits per heavy atom. The van der Waals surface area contributed by atoms with E-state index in [1.54, 1.807) is 13.0 Å². The third-order valence-electron chi connectivity index (χ3n) is 2.89. The fourth-order valence-corrected chi connectivity index (χ4v) is 2.62. The van der Waals surface area contributed by atoms with Crippen molar-refractivity contribution in [3.8, 4) is 0 Å². The Morgan fingerprint density at radius 2 is 2.09 bits per heavy atom. The lowest BCUT2D eigenvalue weighted by Crippen LogP contribution is -2.36. The maximum atomic E-state index is 12.1. The van der Waals surface area contributed by atoms with Gasteiger partial charge in [0.15, 0.2) is 0 Å². The van der Waals surface area contributed by atoms with Gasteiger partial charge in [-0.05, 0) is 19.9 Å². The fraction of sp³-hybridized carbons (Fsp3) is 0.500. The van der Waals surface area contributed by atoms with Crippen LogP contribution >= 0.6 is 11.3 Å². The molecule has 1 rings (SSSR count). The third-order valence-corrected chi connectivity index (χ3v) is 3.85. The van der Waals surface area contributed by atoms with E-state index >= 15 is 0 Å². The number of hydrogen-bond donors (Lipinski definition) is 2. The predicted octanol–water partition coefficient (Wildman–Crippen LogP) is 2.42. The second-order valence-corrected chi connectivity index (χ2v) is 6.13. The predicted molar refractivity (Wildman–Crippen MR) is 83.5 cm³/mol. The molecule has 122 valence electrons. The number of esters is 1. The zero-order valence-corrected chi connectivity index (χ0v) is 13.8. The molecule has 7 nitrogen and oxygen atoms in total. The number of ether oxygens (including phenoxy) is 1. The number of aliphatic carboxylic acids is 1. The van der Waals surface area contributed by atoms with Gasteiger partial charge in [0, 0.05) is 18.5 Å². The molecule has 0 aromatic carbocycles. The summed E-state index contributed by atoms with van der Waals surface area (Å²) in [4.78, 5) is 36.9. The highest BCUT2D eigenvalue weighted by molar-refractivity contribution is 7.16. The van der Waals surface area contributed by atoms with Gasteiger partial charge in [-0.3, -0.25) is 10.1 Å². The Bertz CT molecular complexity index is 570. The zero-order chi connectivity index (χ0) is 16.9. The number of anilines is 1. The summed E-state index contributed by atoms with van der Waals surface area (Å²) < 4.78 is 4.95. The van der Waals surface area contributed by atoms with Crippen molar-refractivity contribution in [3.63, 3.8) is 0 Å². The third kappa shape index (κ3) is 4.73. The van der Waals surface area contributed by atoms with Crippen molar-refractivity contribution >= 4 is 34.3 Å². The molecule has 0 saturated carbocycles. The summed E-state index contributed by atoms with van der Waals surface area (Å²) in [5.74, 6) is -2.15. The van der Waals surface area contributed by atoms with Crippen molar-refractivity contribution < 1.29 is 24.2 Å². The molecule has 2 N–H and O–H groups in total. The zero-order valence-electron chi connectivity index (χ0n) is 13.0. The van der Waals surface area contributed by atoms with E-state index in [4.69, 9.17) is 9.84 Å². The summed E-state index contributed by atoms with van der Waals surface area (Å²) in [6, 6.07) is 1.18. The van der Waals surface area contributed by atoms with E-state index in [9.17, 15) is 14.4 Å². The molecule has 0 fully saturated rings. The minimum absolute atomic E-state index is 0.0697. The van der Waals surface area contributed by atoms with E-state index < -0.39 is 23.9 Å². The number of hydrogen-bond acceptors (Lipinski definition) is 5. The lowest BCUT2D eigenvalue weighted by Gasteiger charge is -2.19. The summed E-state index contributed by atoms with van der Waals surface area (Å²) in [5.41, 5.74) is 0.303. The van der Waals surface area contributed by atoms with Crippen LogP contribution in [0.15, 0.2) is 6.07 Å². The second-order valence-electron chi connectivity index (χ2n) is 4.87. The molecule has 1 unspecified atom stereocenters. The van der Waals surface area contributed by atoms with Gasteiger partial charge in [-0.25, -0.2) is 9.59 Å². The van der Waals surface area contributed by atoms with Crippen LogP contribution in [-0.2, 0) is 9.53 Å². The molecular weight excluding hydrogens is 308 g/mol. The largest absolute Gasteiger partial charge is 0.481 e. The SMILES string of the molecule is CCOC(=O)c1cc(C)sc1NC(=O)N(C)CC(C)C(=O)O. The van der Waals surface area contributed by atoms with Gasteiger partial charge in [-0.2, -0.15) is 0 Å². The van der Waals surface area contributed by atoms with Gasteiger partial charge in [0.1, 0.15) is 5.00 Å². The van der Waals surface area contributed by atoms with E-state index in [1.165, 1.54) is 30.2 Å². The van der Waals surface area contributed by atoms with Crippen LogP contribution in [0.3, 0.4) is 0 Å². The molecule has 0 aliphatic rings. The fourth-order valence-electron chi connectivity index (χ4n) is 1.73. The van der Waals surface area contributed by atoms with E-state index in [1.807, 2.05) is 6.92 Å². The van der Waals surface area contributed by atoms with Gasteiger partial charge in [0.2, 0.25) is 0 Å². The number of carbonyl (C=O) groups excluding carboxylic acids is 2. The Balaban J connectivity index is 2.79. The molecule has 0 saturated heterocycles. The van der Waals surface area contributed by atoms with Gasteiger partial charge in [-0.15, -0.1) is 11.3 Å². The standard InChI is InChI=1S/C14H20N2O5S/c1-5-21-13(19)10-6-9(3)22-11(10)15-14(20)16(4)7-8(2)12(17)18/h6,8H,5,7H2,1-4H3,(H,15,20)(H,17,18). The molecule has 1 aromatic heterocycles. The number of carboxylic acid groups (broad SMARTS) is 1. The number of aryl methyl sites for hydroxylation is 1. The summed E-state index contributed by atoms with van der Waals surface area (Å²) in [7, 11) is 1.50. The van der Waals surface area contributed by atoms with Gasteiger partial charge in [0.25, 0.3) is 0 Å². The highest BCUT2D eigenvalue weighted by Crippen LogP contribution is 2.28. The molecular formula is C14H20N2O5S. The van der Waals surface area contributed by atoms with Crippen LogP contribution in [0.4, 0.5) is 9.80 Å². The lowest BCUT2D eigenvalue weighted by molar-refractivity contribution is -0.141. The molecule has 1 aromatic rings. The first kappa shape index (κ1) is 18.0. The summed E-state index contributed by atoms with van der Waals surface area (Å²) >= 11 is 1.26. The van der Waals surface area contributed by atoms with E-state index in [0.29, 0.717) is 10.6 Å². The molecule has 0 aliphatic carbocycles. The monoisotopic (exact) mass is 328 g/mol. The first-order valence-electron chi connectivity index (χ1n) is 6.78. The van der Waals surface area contributed by atoms with Gasteiger partial charge in [0.05, 0.1) is 18.1 Å². The molecule has 1 atom stereocenters. The van der Waals surface area contributed by atoms with Crippen molar-refractivity contribution in [2.24, 2.45) is 5.92 Å². The van der Waals surface area contributed by atoms with Crippen LogP contribution in [0.2, 0.25) is 0 Å². The van der Waals surface area contributed by atoms with Crippen LogP contribution < -0.4 is 5.32 Å². The van der Waals surface area contributed by atoms with Crippen LogP contribution in [0, 0.1) is 12.8 Å². The number of rotatable bonds is 6. The van der Waals surface area contributed by atoms with Crippen molar-refractivity contribution in [1.82, 2.24) is 4.90 Å². The average molecular weight is 328 g/mol. The molecule has 0 bridgehead atoms. The van der Waals surface area contributed by atoms with Crippen molar-refractivity contribution in [2.75, 3.05) is 25.5 Å². The maximum Gasteiger partial charge on any atom is 0.341 e. The van der Waals surface area contributed by atoms with Gasteiger partial charge < -0.3 is 14.7 Å².